The molecule has 1 amide bonds. The number of hydrogen-bond acceptors (Lipinski definition) is 4. The predicted molar refractivity (Wildman–Crippen MR) is 92.7 cm³/mol. The molecule has 1 heterocycles. The molecule has 4 nitrogen and oxygen atoms in total. The lowest BCUT2D eigenvalue weighted by molar-refractivity contribution is -0.108. The summed E-state index contributed by atoms with van der Waals surface area (Å²) in [4.78, 5) is 23.7. The van der Waals surface area contributed by atoms with E-state index < -0.39 is 5.91 Å². The number of primary amides is 1. The minimum atomic E-state index is -0.444. The van der Waals surface area contributed by atoms with E-state index in [1.807, 2.05) is 18.2 Å². The number of rotatable bonds is 5. The number of hydrogen-bond donors (Lipinski definition) is 2. The van der Waals surface area contributed by atoms with Gasteiger partial charge in [-0.15, -0.1) is 11.3 Å². The van der Waals surface area contributed by atoms with Crippen molar-refractivity contribution < 1.29 is 9.59 Å². The number of thiophene rings is 1. The summed E-state index contributed by atoms with van der Waals surface area (Å²) in [5, 5.41) is 0.516. The highest BCUT2D eigenvalue weighted by atomic mass is 32.1. The molecule has 0 spiro atoms. The molecule has 120 valence electrons. The number of anilines is 1. The lowest BCUT2D eigenvalue weighted by atomic mass is 9.67. The van der Waals surface area contributed by atoms with Crippen LogP contribution in [0.15, 0.2) is 30.3 Å². The van der Waals surface area contributed by atoms with E-state index in [4.69, 9.17) is 11.5 Å². The Labute approximate surface area is 139 Å². The Morgan fingerprint density at radius 2 is 2.04 bits per heavy atom. The van der Waals surface area contributed by atoms with Gasteiger partial charge in [-0.3, -0.25) is 4.79 Å². The lowest BCUT2D eigenvalue weighted by Crippen LogP contribution is -2.33. The van der Waals surface area contributed by atoms with Gasteiger partial charge in [-0.1, -0.05) is 30.3 Å². The van der Waals surface area contributed by atoms with Crippen LogP contribution in [0, 0.1) is 0 Å². The fourth-order valence-electron chi connectivity index (χ4n) is 3.70. The number of fused-ring (bicyclic) bond motifs is 1. The van der Waals surface area contributed by atoms with E-state index in [1.165, 1.54) is 16.9 Å². The molecule has 1 atom stereocenters. The highest BCUT2D eigenvalue weighted by Crippen LogP contribution is 2.46. The van der Waals surface area contributed by atoms with Gasteiger partial charge in [0.15, 0.2) is 0 Å². The average molecular weight is 328 g/mol. The van der Waals surface area contributed by atoms with Gasteiger partial charge in [0, 0.05) is 16.7 Å². The van der Waals surface area contributed by atoms with Crippen molar-refractivity contribution >= 4 is 28.5 Å². The number of nitrogen functional groups attached to an aromatic ring is 1. The Kier molecular flexibility index (Phi) is 4.22. The van der Waals surface area contributed by atoms with Gasteiger partial charge in [0.2, 0.25) is 0 Å². The third-order valence-electron chi connectivity index (χ3n) is 4.84. The Balaban J connectivity index is 2.03. The molecule has 0 saturated carbocycles. The molecule has 0 fully saturated rings. The first-order valence-electron chi connectivity index (χ1n) is 7.76. The van der Waals surface area contributed by atoms with Gasteiger partial charge in [-0.25, -0.2) is 0 Å². The topological polar surface area (TPSA) is 86.2 Å². The lowest BCUT2D eigenvalue weighted by Gasteiger charge is -2.37. The fourth-order valence-corrected chi connectivity index (χ4v) is 4.97. The quantitative estimate of drug-likeness (QED) is 0.828. The van der Waals surface area contributed by atoms with Crippen LogP contribution < -0.4 is 11.5 Å². The zero-order chi connectivity index (χ0) is 16.4. The minimum absolute atomic E-state index is 0.0681. The molecule has 0 radical (unpaired) electrons. The van der Waals surface area contributed by atoms with E-state index in [0.717, 1.165) is 42.4 Å². The van der Waals surface area contributed by atoms with Crippen LogP contribution in [-0.2, 0) is 23.1 Å². The van der Waals surface area contributed by atoms with Crippen LogP contribution in [-0.4, -0.2) is 12.2 Å². The Hall–Kier alpha value is -2.14. The van der Waals surface area contributed by atoms with Gasteiger partial charge in [-0.05, 0) is 36.8 Å². The number of carbonyl (C=O) groups excluding carboxylic acids is 2. The summed E-state index contributed by atoms with van der Waals surface area (Å²) in [6, 6.07) is 10.3. The van der Waals surface area contributed by atoms with Crippen LogP contribution in [0.25, 0.3) is 0 Å². The molecule has 2 aromatic rings. The third-order valence-corrected chi connectivity index (χ3v) is 5.90. The molecular formula is C18H20N2O2S. The summed E-state index contributed by atoms with van der Waals surface area (Å²) < 4.78 is 0. The first kappa shape index (κ1) is 15.7. The summed E-state index contributed by atoms with van der Waals surface area (Å²) in [7, 11) is 0. The Bertz CT molecular complexity index is 739. The maximum absolute atomic E-state index is 11.7. The van der Waals surface area contributed by atoms with Gasteiger partial charge in [0.25, 0.3) is 5.91 Å². The highest BCUT2D eigenvalue weighted by Gasteiger charge is 2.38. The van der Waals surface area contributed by atoms with E-state index in [-0.39, 0.29) is 5.41 Å². The van der Waals surface area contributed by atoms with Crippen molar-refractivity contribution in [3.05, 3.63) is 51.9 Å². The first-order chi connectivity index (χ1) is 11.1. The van der Waals surface area contributed by atoms with Gasteiger partial charge >= 0.3 is 0 Å². The number of carbonyl (C=O) groups is 2. The molecular weight excluding hydrogens is 308 g/mol. The van der Waals surface area contributed by atoms with Crippen LogP contribution >= 0.6 is 11.3 Å². The van der Waals surface area contributed by atoms with Gasteiger partial charge in [0.1, 0.15) is 6.29 Å². The second-order valence-corrected chi connectivity index (χ2v) is 7.27. The van der Waals surface area contributed by atoms with Crippen LogP contribution in [0.2, 0.25) is 0 Å². The molecule has 0 aliphatic heterocycles. The molecule has 1 aliphatic rings. The Morgan fingerprint density at radius 1 is 1.30 bits per heavy atom. The van der Waals surface area contributed by atoms with E-state index in [1.54, 1.807) is 0 Å². The largest absolute Gasteiger partial charge is 0.390 e. The molecule has 0 saturated heterocycles. The molecule has 0 bridgehead atoms. The summed E-state index contributed by atoms with van der Waals surface area (Å²) in [5.74, 6) is -0.444. The highest BCUT2D eigenvalue weighted by molar-refractivity contribution is 7.16. The van der Waals surface area contributed by atoms with Gasteiger partial charge in [-0.2, -0.15) is 0 Å². The number of benzene rings is 1. The molecule has 1 unspecified atom stereocenters. The van der Waals surface area contributed by atoms with E-state index >= 15 is 0 Å². The normalized spacial score (nSPS) is 20.0. The average Bonchev–Trinajstić information content (AvgIpc) is 2.88. The summed E-state index contributed by atoms with van der Waals surface area (Å²) in [5.41, 5.74) is 14.2. The Morgan fingerprint density at radius 3 is 2.70 bits per heavy atom. The molecule has 5 heteroatoms. The SMILES string of the molecule is NC(=O)c1c(N)sc2c1CCC(CCC=O)(c1ccccc1)C2. The standard InChI is InChI=1S/C18H20N2O2S/c19-16(22)15-13-7-9-18(8-4-10-21,11-14(13)23-17(15)20)12-5-2-1-3-6-12/h1-3,5-6,10H,4,7-9,11,20H2,(H2,19,22). The monoisotopic (exact) mass is 328 g/mol. The van der Waals surface area contributed by atoms with Crippen LogP contribution in [0.5, 0.6) is 0 Å². The number of nitrogens with two attached hydrogens (primary N) is 2. The number of aldehydes is 1. The van der Waals surface area contributed by atoms with Crippen LogP contribution in [0.3, 0.4) is 0 Å². The summed E-state index contributed by atoms with van der Waals surface area (Å²) in [6.07, 6.45) is 4.81. The van der Waals surface area contributed by atoms with Crippen molar-refractivity contribution in [3.63, 3.8) is 0 Å². The van der Waals surface area contributed by atoms with Crippen LogP contribution in [0.4, 0.5) is 5.00 Å². The first-order valence-corrected chi connectivity index (χ1v) is 8.58. The van der Waals surface area contributed by atoms with Gasteiger partial charge in [0.05, 0.1) is 10.6 Å². The fraction of sp³-hybridized carbons (Fsp3) is 0.333. The molecule has 4 N–H and O–H groups in total. The summed E-state index contributed by atoms with van der Waals surface area (Å²) >= 11 is 1.46. The van der Waals surface area contributed by atoms with E-state index in [2.05, 4.69) is 12.1 Å². The van der Waals surface area contributed by atoms with Crippen LogP contribution in [0.1, 0.15) is 45.6 Å². The van der Waals surface area contributed by atoms with Crippen molar-refractivity contribution in [2.75, 3.05) is 5.73 Å². The van der Waals surface area contributed by atoms with E-state index in [0.29, 0.717) is 17.0 Å². The van der Waals surface area contributed by atoms with E-state index in [9.17, 15) is 9.59 Å². The smallest absolute Gasteiger partial charge is 0.251 e. The zero-order valence-corrected chi connectivity index (χ0v) is 13.7. The van der Waals surface area contributed by atoms with Crippen molar-refractivity contribution in [2.24, 2.45) is 5.73 Å². The van der Waals surface area contributed by atoms with Crippen molar-refractivity contribution in [2.45, 2.75) is 37.5 Å². The number of amides is 1. The molecule has 1 aromatic carbocycles. The maximum atomic E-state index is 11.7. The van der Waals surface area contributed by atoms with Crippen molar-refractivity contribution in [1.82, 2.24) is 0 Å². The zero-order valence-electron chi connectivity index (χ0n) is 12.9. The molecule has 3 rings (SSSR count). The third kappa shape index (κ3) is 2.77. The second-order valence-electron chi connectivity index (χ2n) is 6.14. The van der Waals surface area contributed by atoms with Gasteiger partial charge < -0.3 is 16.3 Å². The van der Waals surface area contributed by atoms with Crippen molar-refractivity contribution in [1.29, 1.82) is 0 Å². The second kappa shape index (κ2) is 6.16. The predicted octanol–water partition coefficient (Wildman–Crippen LogP) is 2.84. The summed E-state index contributed by atoms with van der Waals surface area (Å²) in [6.45, 7) is 0. The minimum Gasteiger partial charge on any atom is -0.390 e. The molecule has 1 aromatic heterocycles. The molecule has 23 heavy (non-hydrogen) atoms. The molecule has 1 aliphatic carbocycles. The van der Waals surface area contributed by atoms with Crippen molar-refractivity contribution in [3.8, 4) is 0 Å². The maximum Gasteiger partial charge on any atom is 0.251 e.